The average Bonchev–Trinajstić information content (AvgIpc) is 3.06. The highest BCUT2D eigenvalue weighted by atomic mass is 32.2. The molecule has 7 nitrogen and oxygen atoms in total. The number of nitrogens with one attached hydrogen (secondary N) is 2. The lowest BCUT2D eigenvalue weighted by Crippen LogP contribution is -2.44. The Labute approximate surface area is 156 Å². The van der Waals surface area contributed by atoms with E-state index in [1.807, 2.05) is 13.0 Å². The van der Waals surface area contributed by atoms with Crippen LogP contribution in [0.15, 0.2) is 35.3 Å². The van der Waals surface area contributed by atoms with Crippen molar-refractivity contribution < 1.29 is 13.2 Å². The van der Waals surface area contributed by atoms with Gasteiger partial charge in [0, 0.05) is 37.6 Å². The SMILES string of the molecule is CCNC(=NCCOCCS(C)(=O)=O)NC1CCN(c2ccccc2)C1. The molecule has 0 amide bonds. The summed E-state index contributed by atoms with van der Waals surface area (Å²) in [6, 6.07) is 10.8. The van der Waals surface area contributed by atoms with Crippen LogP contribution >= 0.6 is 0 Å². The molecular weight excluding hydrogens is 352 g/mol. The third-order valence-electron chi connectivity index (χ3n) is 4.10. The fraction of sp³-hybridized carbons (Fsp3) is 0.611. The van der Waals surface area contributed by atoms with Gasteiger partial charge in [-0.2, -0.15) is 0 Å². The van der Waals surface area contributed by atoms with E-state index in [9.17, 15) is 8.42 Å². The number of hydrogen-bond donors (Lipinski definition) is 2. The number of guanidine groups is 1. The molecule has 1 saturated heterocycles. The number of benzene rings is 1. The molecule has 1 atom stereocenters. The van der Waals surface area contributed by atoms with Crippen LogP contribution in [0.1, 0.15) is 13.3 Å². The zero-order chi connectivity index (χ0) is 18.8. The summed E-state index contributed by atoms with van der Waals surface area (Å²) in [5, 5.41) is 6.73. The standard InChI is InChI=1S/C18H30N4O3S/c1-3-19-18(20-10-12-25-13-14-26(2,23)24)21-16-9-11-22(15-16)17-7-5-4-6-8-17/h4-8,16H,3,9-15H2,1-2H3,(H2,19,20,21). The van der Waals surface area contributed by atoms with E-state index < -0.39 is 9.84 Å². The Morgan fingerprint density at radius 2 is 2.08 bits per heavy atom. The van der Waals surface area contributed by atoms with Crippen molar-refractivity contribution >= 4 is 21.5 Å². The topological polar surface area (TPSA) is 83.0 Å². The van der Waals surface area contributed by atoms with Gasteiger partial charge in [-0.25, -0.2) is 8.42 Å². The molecule has 146 valence electrons. The molecule has 0 radical (unpaired) electrons. The minimum atomic E-state index is -2.97. The second-order valence-corrected chi connectivity index (χ2v) is 8.67. The fourth-order valence-corrected chi connectivity index (χ4v) is 3.22. The van der Waals surface area contributed by atoms with Gasteiger partial charge in [0.1, 0.15) is 9.84 Å². The first-order chi connectivity index (χ1) is 12.5. The van der Waals surface area contributed by atoms with Gasteiger partial charge in [-0.05, 0) is 25.5 Å². The predicted octanol–water partition coefficient (Wildman–Crippen LogP) is 0.882. The summed E-state index contributed by atoms with van der Waals surface area (Å²) in [6.07, 6.45) is 2.27. The molecule has 1 aliphatic rings. The molecule has 0 saturated carbocycles. The third kappa shape index (κ3) is 7.61. The quantitative estimate of drug-likeness (QED) is 0.375. The second-order valence-electron chi connectivity index (χ2n) is 6.41. The number of para-hydroxylation sites is 1. The van der Waals surface area contributed by atoms with Gasteiger partial charge in [-0.1, -0.05) is 18.2 Å². The molecular formula is C18H30N4O3S. The molecule has 1 fully saturated rings. The number of sulfone groups is 1. The number of hydrogen-bond acceptors (Lipinski definition) is 5. The van der Waals surface area contributed by atoms with Gasteiger partial charge in [0.15, 0.2) is 5.96 Å². The summed E-state index contributed by atoms with van der Waals surface area (Å²) >= 11 is 0. The van der Waals surface area contributed by atoms with Crippen molar-refractivity contribution in [2.45, 2.75) is 19.4 Å². The lowest BCUT2D eigenvalue weighted by atomic mass is 10.3. The predicted molar refractivity (Wildman–Crippen MR) is 107 cm³/mol. The van der Waals surface area contributed by atoms with Gasteiger partial charge in [0.25, 0.3) is 0 Å². The summed E-state index contributed by atoms with van der Waals surface area (Å²) in [4.78, 5) is 6.88. The van der Waals surface area contributed by atoms with Gasteiger partial charge >= 0.3 is 0 Å². The molecule has 1 heterocycles. The van der Waals surface area contributed by atoms with Gasteiger partial charge in [0.05, 0.1) is 25.5 Å². The maximum absolute atomic E-state index is 11.0. The number of ether oxygens (including phenoxy) is 1. The Bertz CT molecular complexity index is 664. The Hall–Kier alpha value is -1.80. The summed E-state index contributed by atoms with van der Waals surface area (Å²) in [5.74, 6) is 0.825. The van der Waals surface area contributed by atoms with Crippen LogP contribution in [0.5, 0.6) is 0 Å². The molecule has 0 aromatic heterocycles. The maximum atomic E-state index is 11.0. The van der Waals surface area contributed by atoms with Crippen molar-refractivity contribution in [3.63, 3.8) is 0 Å². The molecule has 0 spiro atoms. The Balaban J connectivity index is 1.75. The van der Waals surface area contributed by atoms with Crippen LogP contribution in [0.3, 0.4) is 0 Å². The van der Waals surface area contributed by atoms with Crippen molar-refractivity contribution in [1.82, 2.24) is 10.6 Å². The lowest BCUT2D eigenvalue weighted by Gasteiger charge is -2.20. The largest absolute Gasteiger partial charge is 0.378 e. The lowest BCUT2D eigenvalue weighted by molar-refractivity contribution is 0.157. The normalized spacial score (nSPS) is 18.2. The fourth-order valence-electron chi connectivity index (χ4n) is 2.80. The summed E-state index contributed by atoms with van der Waals surface area (Å²) in [7, 11) is -2.97. The maximum Gasteiger partial charge on any atom is 0.191 e. The van der Waals surface area contributed by atoms with Crippen LogP contribution < -0.4 is 15.5 Å². The highest BCUT2D eigenvalue weighted by Crippen LogP contribution is 2.19. The molecule has 0 bridgehead atoms. The second kappa shape index (κ2) is 10.4. The molecule has 8 heteroatoms. The van der Waals surface area contributed by atoms with Crippen LogP contribution in [0, 0.1) is 0 Å². The number of aliphatic imine (C=N–C) groups is 1. The van der Waals surface area contributed by atoms with E-state index in [2.05, 4.69) is 44.8 Å². The van der Waals surface area contributed by atoms with Gasteiger partial charge < -0.3 is 20.3 Å². The van der Waals surface area contributed by atoms with Crippen LogP contribution in [-0.4, -0.2) is 71.8 Å². The van der Waals surface area contributed by atoms with E-state index in [0.717, 1.165) is 32.0 Å². The number of anilines is 1. The average molecular weight is 383 g/mol. The summed E-state index contributed by atoms with van der Waals surface area (Å²) in [5.41, 5.74) is 1.25. The number of nitrogens with zero attached hydrogens (tertiary/aromatic N) is 2. The third-order valence-corrected chi connectivity index (χ3v) is 5.01. The summed E-state index contributed by atoms with van der Waals surface area (Å²) < 4.78 is 27.4. The molecule has 26 heavy (non-hydrogen) atoms. The minimum Gasteiger partial charge on any atom is -0.378 e. The van der Waals surface area contributed by atoms with Crippen molar-refractivity contribution in [1.29, 1.82) is 0 Å². The molecule has 1 unspecified atom stereocenters. The summed E-state index contributed by atoms with van der Waals surface area (Å²) in [6.45, 7) is 5.91. The minimum absolute atomic E-state index is 0.0480. The Kier molecular flexibility index (Phi) is 8.18. The first kappa shape index (κ1) is 20.5. The van der Waals surface area contributed by atoms with Gasteiger partial charge in [0.2, 0.25) is 0 Å². The molecule has 1 aromatic rings. The zero-order valence-electron chi connectivity index (χ0n) is 15.6. The van der Waals surface area contributed by atoms with E-state index in [-0.39, 0.29) is 12.4 Å². The number of rotatable bonds is 9. The molecule has 1 aromatic carbocycles. The van der Waals surface area contributed by atoms with E-state index >= 15 is 0 Å². The first-order valence-corrected chi connectivity index (χ1v) is 11.1. The molecule has 1 aliphatic heterocycles. The van der Waals surface area contributed by atoms with E-state index in [1.54, 1.807) is 0 Å². The highest BCUT2D eigenvalue weighted by Gasteiger charge is 2.23. The van der Waals surface area contributed by atoms with Gasteiger partial charge in [-0.15, -0.1) is 0 Å². The molecule has 0 aliphatic carbocycles. The first-order valence-electron chi connectivity index (χ1n) is 9.08. The smallest absolute Gasteiger partial charge is 0.191 e. The van der Waals surface area contributed by atoms with Crippen molar-refractivity contribution in [3.8, 4) is 0 Å². The Morgan fingerprint density at radius 3 is 2.77 bits per heavy atom. The van der Waals surface area contributed by atoms with E-state index in [4.69, 9.17) is 4.74 Å². The van der Waals surface area contributed by atoms with Crippen molar-refractivity contribution in [2.75, 3.05) is 56.3 Å². The molecule has 2 rings (SSSR count). The zero-order valence-corrected chi connectivity index (χ0v) is 16.5. The van der Waals surface area contributed by atoms with Crippen molar-refractivity contribution in [3.05, 3.63) is 30.3 Å². The Morgan fingerprint density at radius 1 is 1.31 bits per heavy atom. The van der Waals surface area contributed by atoms with E-state index in [0.29, 0.717) is 19.2 Å². The monoisotopic (exact) mass is 382 g/mol. The molecule has 2 N–H and O–H groups in total. The highest BCUT2D eigenvalue weighted by molar-refractivity contribution is 7.90. The van der Waals surface area contributed by atoms with Crippen LogP contribution in [0.2, 0.25) is 0 Å². The van der Waals surface area contributed by atoms with Crippen LogP contribution in [0.4, 0.5) is 5.69 Å². The van der Waals surface area contributed by atoms with Crippen LogP contribution in [0.25, 0.3) is 0 Å². The van der Waals surface area contributed by atoms with Crippen molar-refractivity contribution in [2.24, 2.45) is 4.99 Å². The van der Waals surface area contributed by atoms with E-state index in [1.165, 1.54) is 11.9 Å². The van der Waals surface area contributed by atoms with Gasteiger partial charge in [-0.3, -0.25) is 4.99 Å². The van der Waals surface area contributed by atoms with Crippen LogP contribution in [-0.2, 0) is 14.6 Å².